The van der Waals surface area contributed by atoms with Crippen LogP contribution in [0.25, 0.3) is 6.08 Å². The van der Waals surface area contributed by atoms with Crippen LogP contribution < -0.4 is 0 Å². The fourth-order valence-electron chi connectivity index (χ4n) is 10.7. The second-order valence-electron chi connectivity index (χ2n) is 13.9. The van der Waals surface area contributed by atoms with E-state index < -0.39 is 68.7 Å². The van der Waals surface area contributed by atoms with Crippen LogP contribution in [0.5, 0.6) is 0 Å². The first-order valence-electron chi connectivity index (χ1n) is 13.9. The maximum atomic E-state index is 14.7. The molecule has 7 fully saturated rings. The second-order valence-corrected chi connectivity index (χ2v) is 13.9. The Morgan fingerprint density at radius 3 is 2.50 bits per heavy atom. The molecule has 9 atom stereocenters. The highest BCUT2D eigenvalue weighted by molar-refractivity contribution is 6.08. The van der Waals surface area contributed by atoms with Gasteiger partial charge in [-0.3, -0.25) is 9.59 Å². The highest BCUT2D eigenvalue weighted by Crippen LogP contribution is 2.87. The fourth-order valence-corrected chi connectivity index (χ4v) is 10.7. The van der Waals surface area contributed by atoms with Crippen molar-refractivity contribution in [2.75, 3.05) is 6.61 Å². The number of ether oxygens (including phenoxy) is 2. The van der Waals surface area contributed by atoms with Gasteiger partial charge < -0.3 is 19.7 Å². The summed E-state index contributed by atoms with van der Waals surface area (Å²) in [6.07, 6.45) is 3.96. The van der Waals surface area contributed by atoms with Crippen LogP contribution in [-0.2, 0) is 23.9 Å². The molecule has 1 aromatic rings. The Hall–Kier alpha value is -2.35. The van der Waals surface area contributed by atoms with Gasteiger partial charge in [0, 0.05) is 29.7 Å². The molecule has 8 rings (SSSR count). The van der Waals surface area contributed by atoms with Crippen molar-refractivity contribution < 1.29 is 34.1 Å². The average Bonchev–Trinajstić information content (AvgIpc) is 2.88. The van der Waals surface area contributed by atoms with E-state index in [2.05, 4.69) is 0 Å². The maximum absolute atomic E-state index is 14.7. The smallest absolute Gasteiger partial charge is 0.331 e. The molecule has 5 saturated carbocycles. The summed E-state index contributed by atoms with van der Waals surface area (Å²) in [4.78, 5) is 41.6. The van der Waals surface area contributed by atoms with Gasteiger partial charge in [0.05, 0.1) is 12.0 Å². The number of benzene rings is 1. The predicted octanol–water partition coefficient (Wildman–Crippen LogP) is 3.32. The molecule has 7 aliphatic rings. The Morgan fingerprint density at radius 2 is 1.79 bits per heavy atom. The van der Waals surface area contributed by atoms with E-state index >= 15 is 0 Å². The van der Waals surface area contributed by atoms with Crippen molar-refractivity contribution in [3.8, 4) is 0 Å². The normalized spacial score (nSPS) is 48.8. The lowest BCUT2D eigenvalue weighted by molar-refractivity contribution is -0.488. The number of aliphatic hydroxyl groups excluding tert-OH is 1. The fraction of sp³-hybridized carbons (Fsp3) is 0.645. The van der Waals surface area contributed by atoms with Gasteiger partial charge in [0.2, 0.25) is 5.79 Å². The number of carbonyl (C=O) groups is 3. The largest absolute Gasteiger partial charge is 0.447 e. The lowest BCUT2D eigenvalue weighted by Crippen LogP contribution is -2.99. The molecule has 2 N–H and O–H groups in total. The molecular formula is C31H36O7. The van der Waals surface area contributed by atoms with Gasteiger partial charge in [-0.05, 0) is 48.2 Å². The van der Waals surface area contributed by atoms with Crippen molar-refractivity contribution in [3.05, 3.63) is 42.0 Å². The Morgan fingerprint density at radius 1 is 1.08 bits per heavy atom. The zero-order chi connectivity index (χ0) is 27.1. The van der Waals surface area contributed by atoms with E-state index in [1.54, 1.807) is 6.08 Å². The number of Topliss-reactive ketones (excluding diaryl/α,β-unsaturated/α-hetero) is 2. The summed E-state index contributed by atoms with van der Waals surface area (Å²) in [6.45, 7) is 7.99. The van der Waals surface area contributed by atoms with Crippen LogP contribution >= 0.6 is 0 Å². The molecule has 202 valence electrons. The van der Waals surface area contributed by atoms with Crippen LogP contribution in [-0.4, -0.2) is 51.8 Å². The minimum atomic E-state index is -2.12. The SMILES string of the molecule is CC1(C)CCC(=O)C23COC(O)(C(O)C12)C12C(=O)C4(OC(=O)C=Cc5ccccc5)C1C(CCC32)C4(C)C. The van der Waals surface area contributed by atoms with Crippen molar-refractivity contribution >= 4 is 23.6 Å². The molecule has 0 radical (unpaired) electrons. The van der Waals surface area contributed by atoms with Gasteiger partial charge in [-0.15, -0.1) is 0 Å². The summed E-state index contributed by atoms with van der Waals surface area (Å²) in [5, 5.41) is 24.0. The number of rotatable bonds is 3. The minimum absolute atomic E-state index is 0.0110. The van der Waals surface area contributed by atoms with Crippen LogP contribution in [0.1, 0.15) is 58.9 Å². The molecule has 2 bridgehead atoms. The van der Waals surface area contributed by atoms with E-state index in [4.69, 9.17) is 9.47 Å². The van der Waals surface area contributed by atoms with Crippen LogP contribution in [0.3, 0.4) is 0 Å². The van der Waals surface area contributed by atoms with E-state index in [9.17, 15) is 24.6 Å². The highest BCUT2D eigenvalue weighted by Gasteiger charge is 2.99. The number of carbonyl (C=O) groups excluding carboxylic acids is 3. The molecule has 2 saturated heterocycles. The number of hydrogen-bond donors (Lipinski definition) is 2. The lowest BCUT2D eigenvalue weighted by atomic mass is 9.18. The van der Waals surface area contributed by atoms with E-state index in [1.165, 1.54) is 6.08 Å². The summed E-state index contributed by atoms with van der Waals surface area (Å²) in [5.41, 5.74) is -4.14. The Balaban J connectivity index is 1.32. The van der Waals surface area contributed by atoms with Crippen molar-refractivity contribution in [2.45, 2.75) is 70.9 Å². The van der Waals surface area contributed by atoms with Gasteiger partial charge in [-0.25, -0.2) is 4.79 Å². The maximum Gasteiger partial charge on any atom is 0.331 e. The van der Waals surface area contributed by atoms with E-state index in [1.807, 2.05) is 58.0 Å². The third-order valence-electron chi connectivity index (χ3n) is 12.1. The third kappa shape index (κ3) is 2.27. The molecule has 5 aliphatic carbocycles. The van der Waals surface area contributed by atoms with E-state index in [-0.39, 0.29) is 18.3 Å². The predicted molar refractivity (Wildman–Crippen MR) is 136 cm³/mol. The molecule has 7 nitrogen and oxygen atoms in total. The summed E-state index contributed by atoms with van der Waals surface area (Å²) < 4.78 is 12.2. The summed E-state index contributed by atoms with van der Waals surface area (Å²) in [6, 6.07) is 9.36. The molecule has 2 heterocycles. The molecule has 38 heavy (non-hydrogen) atoms. The van der Waals surface area contributed by atoms with Gasteiger partial charge in [-0.1, -0.05) is 58.0 Å². The molecule has 7 heteroatoms. The molecule has 1 aromatic carbocycles. The van der Waals surface area contributed by atoms with Crippen LogP contribution in [0, 0.1) is 45.3 Å². The quantitative estimate of drug-likeness (QED) is 0.465. The molecule has 2 spiro atoms. The van der Waals surface area contributed by atoms with E-state index in [0.29, 0.717) is 19.3 Å². The second kappa shape index (κ2) is 7.04. The van der Waals surface area contributed by atoms with Gasteiger partial charge in [0.1, 0.15) is 17.3 Å². The molecular weight excluding hydrogens is 484 g/mol. The summed E-state index contributed by atoms with van der Waals surface area (Å²) in [7, 11) is 0. The molecule has 9 unspecified atom stereocenters. The first kappa shape index (κ1) is 24.7. The number of hydrogen-bond acceptors (Lipinski definition) is 7. The van der Waals surface area contributed by atoms with Crippen molar-refractivity contribution in [3.63, 3.8) is 0 Å². The summed E-state index contributed by atoms with van der Waals surface area (Å²) >= 11 is 0. The zero-order valence-electron chi connectivity index (χ0n) is 22.4. The Bertz CT molecular complexity index is 1300. The van der Waals surface area contributed by atoms with Gasteiger partial charge in [0.15, 0.2) is 11.4 Å². The van der Waals surface area contributed by atoms with Gasteiger partial charge in [0.25, 0.3) is 0 Å². The number of fused-ring (bicyclic) bond motifs is 1. The number of aliphatic hydroxyl groups is 2. The molecule has 0 amide bonds. The third-order valence-corrected chi connectivity index (χ3v) is 12.1. The standard InChI is InChI=1S/C31H36O7/c1-26(2)15-14-20(32)28-16-37-31(36,24(34)23(26)28)29-19(28)12-11-18-22(29)30(25(29)35,27(18,3)4)38-21(33)13-10-17-8-6-5-7-9-17/h5-10,13,18-19,22-24,34,36H,11-12,14-16H2,1-4H3. The van der Waals surface area contributed by atoms with E-state index in [0.717, 1.165) is 12.0 Å². The number of ketones is 2. The monoisotopic (exact) mass is 520 g/mol. The Labute approximate surface area is 222 Å². The van der Waals surface area contributed by atoms with Gasteiger partial charge >= 0.3 is 5.97 Å². The van der Waals surface area contributed by atoms with Crippen LogP contribution in [0.15, 0.2) is 36.4 Å². The first-order valence-corrected chi connectivity index (χ1v) is 13.9. The Kier molecular flexibility index (Phi) is 4.57. The van der Waals surface area contributed by atoms with Crippen molar-refractivity contribution in [1.82, 2.24) is 0 Å². The molecule has 2 aliphatic heterocycles. The summed E-state index contributed by atoms with van der Waals surface area (Å²) in [5.74, 6) is -4.59. The van der Waals surface area contributed by atoms with Crippen molar-refractivity contribution in [2.24, 2.45) is 45.3 Å². The number of esters is 1. The minimum Gasteiger partial charge on any atom is -0.447 e. The lowest BCUT2D eigenvalue weighted by Gasteiger charge is -2.87. The topological polar surface area (TPSA) is 110 Å². The van der Waals surface area contributed by atoms with Crippen LogP contribution in [0.4, 0.5) is 0 Å². The first-order chi connectivity index (χ1) is 17.8. The molecule has 0 aromatic heterocycles. The van der Waals surface area contributed by atoms with Crippen LogP contribution in [0.2, 0.25) is 0 Å². The van der Waals surface area contributed by atoms with Gasteiger partial charge in [-0.2, -0.15) is 0 Å². The van der Waals surface area contributed by atoms with Crippen molar-refractivity contribution in [1.29, 1.82) is 0 Å². The average molecular weight is 521 g/mol. The zero-order valence-corrected chi connectivity index (χ0v) is 22.4. The highest BCUT2D eigenvalue weighted by atomic mass is 16.6.